The highest BCUT2D eigenvalue weighted by atomic mass is 19.4. The largest absolute Gasteiger partial charge is 0.471 e. The third-order valence-corrected chi connectivity index (χ3v) is 3.51. The zero-order valence-corrected chi connectivity index (χ0v) is 13.5. The molecule has 1 amide bonds. The monoisotopic (exact) mass is 370 g/mol. The number of hydrogen-bond donors (Lipinski definition) is 0. The Balaban J connectivity index is 1.64. The van der Waals surface area contributed by atoms with Crippen LogP contribution in [0.5, 0.6) is 5.75 Å². The molecule has 2 heterocycles. The Hall–Kier alpha value is -3.11. The van der Waals surface area contributed by atoms with Crippen LogP contribution in [0.4, 0.5) is 18.0 Å². The number of ether oxygens (including phenoxy) is 1. The van der Waals surface area contributed by atoms with E-state index in [1.54, 1.807) is 0 Å². The van der Waals surface area contributed by atoms with Crippen LogP contribution in [-0.4, -0.2) is 47.0 Å². The Morgan fingerprint density at radius 1 is 1.31 bits per heavy atom. The number of rotatable bonds is 3. The molecule has 1 fully saturated rings. The Labute approximate surface area is 145 Å². The van der Waals surface area contributed by atoms with Gasteiger partial charge in [0.05, 0.1) is 12.3 Å². The highest BCUT2D eigenvalue weighted by Gasteiger charge is 2.38. The van der Waals surface area contributed by atoms with E-state index in [-0.39, 0.29) is 11.6 Å². The molecule has 0 bridgehead atoms. The van der Waals surface area contributed by atoms with Gasteiger partial charge < -0.3 is 19.0 Å². The van der Waals surface area contributed by atoms with Gasteiger partial charge >= 0.3 is 18.2 Å². The van der Waals surface area contributed by atoms with E-state index in [4.69, 9.17) is 4.74 Å². The Morgan fingerprint density at radius 3 is 2.65 bits per heavy atom. The van der Waals surface area contributed by atoms with Crippen molar-refractivity contribution in [3.63, 3.8) is 0 Å². The number of carbonyl (C=O) groups excluding carboxylic acids is 1. The summed E-state index contributed by atoms with van der Waals surface area (Å²) in [6, 6.07) is 5.71. The predicted molar refractivity (Wildman–Crippen MR) is 81.4 cm³/mol. The maximum atomic E-state index is 12.5. The molecule has 0 unspecified atom stereocenters. The molecule has 8 nitrogen and oxygen atoms in total. The number of hydrogen-bond acceptors (Lipinski definition) is 7. The molecule has 1 aromatic heterocycles. The molecule has 138 valence electrons. The summed E-state index contributed by atoms with van der Waals surface area (Å²) in [5.74, 6) is -1.41. The summed E-state index contributed by atoms with van der Waals surface area (Å²) in [4.78, 5) is 21.5. The summed E-state index contributed by atoms with van der Waals surface area (Å²) >= 11 is 0. The zero-order valence-electron chi connectivity index (χ0n) is 13.5. The minimum absolute atomic E-state index is 0.213. The van der Waals surface area contributed by atoms with Crippen molar-refractivity contribution in [3.8, 4) is 17.1 Å². The van der Waals surface area contributed by atoms with Gasteiger partial charge in [0, 0.05) is 18.5 Å². The van der Waals surface area contributed by atoms with Crippen molar-refractivity contribution in [1.29, 1.82) is 0 Å². The lowest BCUT2D eigenvalue weighted by atomic mass is 10.2. The average molecular weight is 370 g/mol. The van der Waals surface area contributed by atoms with E-state index < -0.39 is 18.2 Å². The SMILES string of the molecule is CON=C1CCN(C(=O)Oc2ccc(-c3noc(C(F)(F)F)n3)cc2)C1. The molecule has 26 heavy (non-hydrogen) atoms. The molecule has 1 aliphatic heterocycles. The topological polar surface area (TPSA) is 90.0 Å². The van der Waals surface area contributed by atoms with Gasteiger partial charge in [-0.2, -0.15) is 18.2 Å². The lowest BCUT2D eigenvalue weighted by Gasteiger charge is -2.14. The fourth-order valence-corrected chi connectivity index (χ4v) is 2.30. The van der Waals surface area contributed by atoms with Gasteiger partial charge in [-0.25, -0.2) is 4.79 Å². The maximum absolute atomic E-state index is 12.5. The van der Waals surface area contributed by atoms with E-state index in [9.17, 15) is 18.0 Å². The molecule has 1 saturated heterocycles. The number of alkyl halides is 3. The molecular formula is C15H13F3N4O4. The molecule has 0 N–H and O–H groups in total. The number of likely N-dealkylation sites (tertiary alicyclic amines) is 1. The minimum Gasteiger partial charge on any atom is -0.410 e. The zero-order chi connectivity index (χ0) is 18.7. The van der Waals surface area contributed by atoms with Crippen molar-refractivity contribution in [1.82, 2.24) is 15.0 Å². The lowest BCUT2D eigenvalue weighted by Crippen LogP contribution is -2.31. The number of carbonyl (C=O) groups is 1. The predicted octanol–water partition coefficient (Wildman–Crippen LogP) is 2.96. The standard InChI is InChI=1S/C15H13F3N4O4/c1-24-20-10-6-7-22(8-10)14(23)25-11-4-2-9(3-5-11)12-19-13(26-21-12)15(16,17)18/h2-5H,6-8H2,1H3. The van der Waals surface area contributed by atoms with Gasteiger partial charge in [-0.1, -0.05) is 10.3 Å². The number of benzene rings is 1. The van der Waals surface area contributed by atoms with Gasteiger partial charge in [0.25, 0.3) is 0 Å². The van der Waals surface area contributed by atoms with Crippen LogP contribution in [0.1, 0.15) is 12.3 Å². The van der Waals surface area contributed by atoms with Crippen molar-refractivity contribution in [3.05, 3.63) is 30.2 Å². The first-order valence-corrected chi connectivity index (χ1v) is 7.44. The number of halogens is 3. The van der Waals surface area contributed by atoms with Crippen LogP contribution in [0.15, 0.2) is 33.9 Å². The Bertz CT molecular complexity index is 817. The summed E-state index contributed by atoms with van der Waals surface area (Å²) in [6.07, 6.45) is -4.67. The van der Waals surface area contributed by atoms with E-state index in [0.29, 0.717) is 25.1 Å². The van der Waals surface area contributed by atoms with E-state index in [2.05, 4.69) is 24.7 Å². The van der Waals surface area contributed by atoms with Gasteiger partial charge in [-0.15, -0.1) is 0 Å². The van der Waals surface area contributed by atoms with Crippen molar-refractivity contribution in [2.75, 3.05) is 20.2 Å². The molecule has 0 spiro atoms. The molecule has 3 rings (SSSR count). The first kappa shape index (κ1) is 17.7. The fraction of sp³-hybridized carbons (Fsp3) is 0.333. The van der Waals surface area contributed by atoms with Crippen LogP contribution in [0.2, 0.25) is 0 Å². The van der Waals surface area contributed by atoms with Crippen molar-refractivity contribution in [2.24, 2.45) is 5.16 Å². The quantitative estimate of drug-likeness (QED) is 0.772. The molecule has 1 aromatic carbocycles. The van der Waals surface area contributed by atoms with Crippen LogP contribution in [0, 0.1) is 0 Å². The molecule has 11 heteroatoms. The van der Waals surface area contributed by atoms with Crippen molar-refractivity contribution < 1.29 is 32.1 Å². The third kappa shape index (κ3) is 3.92. The van der Waals surface area contributed by atoms with E-state index in [1.807, 2.05) is 0 Å². The number of amides is 1. The second kappa shape index (κ2) is 7.02. The van der Waals surface area contributed by atoms with E-state index in [0.717, 1.165) is 5.71 Å². The van der Waals surface area contributed by atoms with E-state index >= 15 is 0 Å². The summed E-state index contributed by atoms with van der Waals surface area (Å²) in [7, 11) is 1.43. The maximum Gasteiger partial charge on any atom is 0.471 e. The van der Waals surface area contributed by atoms with Crippen LogP contribution in [0.3, 0.4) is 0 Å². The smallest absolute Gasteiger partial charge is 0.410 e. The molecule has 0 saturated carbocycles. The van der Waals surface area contributed by atoms with Crippen LogP contribution in [-0.2, 0) is 11.0 Å². The van der Waals surface area contributed by atoms with Crippen LogP contribution in [0.25, 0.3) is 11.4 Å². The Morgan fingerprint density at radius 2 is 2.04 bits per heavy atom. The second-order valence-electron chi connectivity index (χ2n) is 5.32. The molecule has 0 aliphatic carbocycles. The van der Waals surface area contributed by atoms with Gasteiger partial charge in [0.1, 0.15) is 12.9 Å². The lowest BCUT2D eigenvalue weighted by molar-refractivity contribution is -0.159. The van der Waals surface area contributed by atoms with E-state index in [1.165, 1.54) is 36.3 Å². The summed E-state index contributed by atoms with van der Waals surface area (Å²) < 4.78 is 46.8. The molecule has 2 aromatic rings. The Kier molecular flexibility index (Phi) is 4.78. The highest BCUT2D eigenvalue weighted by Crippen LogP contribution is 2.29. The average Bonchev–Trinajstić information content (AvgIpc) is 3.25. The fourth-order valence-electron chi connectivity index (χ4n) is 2.30. The summed E-state index contributed by atoms with van der Waals surface area (Å²) in [6.45, 7) is 0.774. The highest BCUT2D eigenvalue weighted by molar-refractivity contribution is 5.91. The normalized spacial score (nSPS) is 16.2. The molecule has 0 radical (unpaired) electrons. The van der Waals surface area contributed by atoms with Crippen molar-refractivity contribution in [2.45, 2.75) is 12.6 Å². The van der Waals surface area contributed by atoms with Gasteiger partial charge in [0.15, 0.2) is 0 Å². The number of nitrogens with zero attached hydrogens (tertiary/aromatic N) is 4. The number of oxime groups is 1. The molecule has 0 atom stereocenters. The molecular weight excluding hydrogens is 357 g/mol. The first-order chi connectivity index (χ1) is 12.4. The van der Waals surface area contributed by atoms with Crippen LogP contribution >= 0.6 is 0 Å². The second-order valence-corrected chi connectivity index (χ2v) is 5.32. The van der Waals surface area contributed by atoms with Gasteiger partial charge in [0.2, 0.25) is 5.82 Å². The summed E-state index contributed by atoms with van der Waals surface area (Å²) in [5.41, 5.74) is 1.03. The van der Waals surface area contributed by atoms with Crippen molar-refractivity contribution >= 4 is 11.8 Å². The van der Waals surface area contributed by atoms with Gasteiger partial charge in [-0.3, -0.25) is 0 Å². The molecule has 1 aliphatic rings. The minimum atomic E-state index is -4.71. The third-order valence-electron chi connectivity index (χ3n) is 3.51. The first-order valence-electron chi connectivity index (χ1n) is 7.44. The summed E-state index contributed by atoms with van der Waals surface area (Å²) in [5, 5.41) is 7.08. The van der Waals surface area contributed by atoms with Crippen LogP contribution < -0.4 is 4.74 Å². The number of aromatic nitrogens is 2. The van der Waals surface area contributed by atoms with Gasteiger partial charge in [-0.05, 0) is 24.3 Å².